The monoisotopic (exact) mass is 332 g/mol. The van der Waals surface area contributed by atoms with Crippen molar-refractivity contribution in [3.63, 3.8) is 0 Å². The summed E-state index contributed by atoms with van der Waals surface area (Å²) in [5.41, 5.74) is 0.747. The maximum Gasteiger partial charge on any atom is 0.197 e. The fraction of sp³-hybridized carbons (Fsp3) is 0.0476. The molecule has 0 saturated heterocycles. The van der Waals surface area contributed by atoms with E-state index in [-0.39, 0.29) is 28.2 Å². The van der Waals surface area contributed by atoms with Crippen molar-refractivity contribution in [2.75, 3.05) is 0 Å². The van der Waals surface area contributed by atoms with E-state index in [1.807, 2.05) is 0 Å². The van der Waals surface area contributed by atoms with E-state index in [1.165, 1.54) is 13.0 Å². The van der Waals surface area contributed by atoms with Crippen LogP contribution in [-0.4, -0.2) is 21.8 Å². The Morgan fingerprint density at radius 3 is 1.76 bits per heavy atom. The average Bonchev–Trinajstić information content (AvgIpc) is 2.66. The Hall–Kier alpha value is -3.40. The smallest absolute Gasteiger partial charge is 0.197 e. The third kappa shape index (κ3) is 3.02. The maximum absolute atomic E-state index is 12.9. The van der Waals surface area contributed by atoms with E-state index in [4.69, 9.17) is 0 Å². The molecular formula is C21H16O4. The number of hydrogen-bond acceptors (Lipinski definition) is 4. The summed E-state index contributed by atoms with van der Waals surface area (Å²) < 4.78 is 0. The molecule has 0 amide bonds. The number of hydrogen-bond donors (Lipinski definition) is 2. The highest BCUT2D eigenvalue weighted by molar-refractivity contribution is 6.21. The van der Waals surface area contributed by atoms with E-state index in [0.717, 1.165) is 0 Å². The number of rotatable bonds is 4. The van der Waals surface area contributed by atoms with Gasteiger partial charge in [-0.1, -0.05) is 60.7 Å². The summed E-state index contributed by atoms with van der Waals surface area (Å²) in [5, 5.41) is 20.5. The molecule has 4 nitrogen and oxygen atoms in total. The van der Waals surface area contributed by atoms with Crippen LogP contribution < -0.4 is 0 Å². The van der Waals surface area contributed by atoms with E-state index in [1.54, 1.807) is 60.7 Å². The van der Waals surface area contributed by atoms with E-state index in [9.17, 15) is 19.8 Å². The molecule has 0 heterocycles. The highest BCUT2D eigenvalue weighted by Gasteiger charge is 2.26. The summed E-state index contributed by atoms with van der Waals surface area (Å²) in [6, 6.07) is 18.1. The van der Waals surface area contributed by atoms with Gasteiger partial charge in [0.15, 0.2) is 11.6 Å². The molecule has 4 heteroatoms. The van der Waals surface area contributed by atoms with E-state index < -0.39 is 11.6 Å². The fourth-order valence-electron chi connectivity index (χ4n) is 2.64. The van der Waals surface area contributed by atoms with Gasteiger partial charge in [-0.05, 0) is 13.0 Å². The Balaban J connectivity index is 2.22. The lowest BCUT2D eigenvalue weighted by atomic mass is 9.90. The van der Waals surface area contributed by atoms with Gasteiger partial charge in [-0.25, -0.2) is 0 Å². The van der Waals surface area contributed by atoms with Crippen LogP contribution in [0.15, 0.2) is 66.7 Å². The minimum atomic E-state index is -0.472. The first-order valence-electron chi connectivity index (χ1n) is 7.75. The zero-order chi connectivity index (χ0) is 18.0. The Kier molecular flexibility index (Phi) is 4.35. The molecule has 3 aromatic rings. The van der Waals surface area contributed by atoms with Crippen LogP contribution in [0.4, 0.5) is 0 Å². The van der Waals surface area contributed by atoms with Crippen LogP contribution in [-0.2, 0) is 0 Å². The Labute approximate surface area is 145 Å². The molecule has 0 spiro atoms. The first-order chi connectivity index (χ1) is 12.0. The van der Waals surface area contributed by atoms with Gasteiger partial charge in [0.25, 0.3) is 0 Å². The third-order valence-electron chi connectivity index (χ3n) is 4.07. The van der Waals surface area contributed by atoms with Crippen LogP contribution >= 0.6 is 0 Å². The van der Waals surface area contributed by atoms with Crippen LogP contribution in [0.5, 0.6) is 11.5 Å². The van der Waals surface area contributed by atoms with Crippen molar-refractivity contribution < 1.29 is 19.8 Å². The van der Waals surface area contributed by atoms with E-state index >= 15 is 0 Å². The lowest BCUT2D eigenvalue weighted by Crippen LogP contribution is -2.12. The molecule has 0 aliphatic carbocycles. The second-order valence-corrected chi connectivity index (χ2v) is 5.68. The quantitative estimate of drug-likeness (QED) is 0.711. The minimum Gasteiger partial charge on any atom is -0.508 e. The Morgan fingerprint density at radius 2 is 1.24 bits per heavy atom. The Bertz CT molecular complexity index is 945. The maximum atomic E-state index is 12.9. The molecule has 2 N–H and O–H groups in total. The van der Waals surface area contributed by atoms with E-state index in [2.05, 4.69) is 0 Å². The van der Waals surface area contributed by atoms with Crippen molar-refractivity contribution in [3.8, 4) is 11.5 Å². The molecule has 0 aliphatic heterocycles. The van der Waals surface area contributed by atoms with Gasteiger partial charge >= 0.3 is 0 Å². The van der Waals surface area contributed by atoms with Gasteiger partial charge in [-0.15, -0.1) is 0 Å². The van der Waals surface area contributed by atoms with Crippen molar-refractivity contribution in [3.05, 3.63) is 94.5 Å². The molecule has 0 radical (unpaired) electrons. The second kappa shape index (κ2) is 6.61. The van der Waals surface area contributed by atoms with Gasteiger partial charge in [-0.2, -0.15) is 0 Å². The lowest BCUT2D eigenvalue weighted by molar-refractivity contribution is 0.100. The fourth-order valence-corrected chi connectivity index (χ4v) is 2.64. The molecule has 0 atom stereocenters. The normalized spacial score (nSPS) is 10.4. The van der Waals surface area contributed by atoms with Gasteiger partial charge in [0.2, 0.25) is 0 Å². The van der Waals surface area contributed by atoms with Gasteiger partial charge in [-0.3, -0.25) is 9.59 Å². The lowest BCUT2D eigenvalue weighted by Gasteiger charge is -2.14. The van der Waals surface area contributed by atoms with Gasteiger partial charge in [0.1, 0.15) is 11.5 Å². The van der Waals surface area contributed by atoms with E-state index in [0.29, 0.717) is 11.1 Å². The molecule has 0 saturated carbocycles. The first-order valence-corrected chi connectivity index (χ1v) is 7.75. The molecule has 0 unspecified atom stereocenters. The van der Waals surface area contributed by atoms with Crippen molar-refractivity contribution in [2.24, 2.45) is 0 Å². The van der Waals surface area contributed by atoms with Gasteiger partial charge in [0.05, 0.1) is 5.56 Å². The summed E-state index contributed by atoms with van der Waals surface area (Å²) in [7, 11) is 0. The predicted octanol–water partition coefficient (Wildman–Crippen LogP) is 3.87. The van der Waals surface area contributed by atoms with Crippen molar-refractivity contribution in [1.29, 1.82) is 0 Å². The molecule has 3 rings (SSSR count). The summed E-state index contributed by atoms with van der Waals surface area (Å²) in [4.78, 5) is 25.7. The zero-order valence-electron chi connectivity index (χ0n) is 13.6. The minimum absolute atomic E-state index is 0.0272. The number of ketones is 2. The molecular weight excluding hydrogens is 316 g/mol. The SMILES string of the molecule is Cc1c(O)cc(C(=O)c2ccccc2)c(C(=O)c2ccccc2)c1O. The largest absolute Gasteiger partial charge is 0.508 e. The number of carbonyl (C=O) groups is 2. The summed E-state index contributed by atoms with van der Waals surface area (Å²) >= 11 is 0. The number of carbonyl (C=O) groups excluding carboxylic acids is 2. The second-order valence-electron chi connectivity index (χ2n) is 5.68. The van der Waals surface area contributed by atoms with Crippen molar-refractivity contribution >= 4 is 11.6 Å². The van der Waals surface area contributed by atoms with Crippen LogP contribution in [0.3, 0.4) is 0 Å². The van der Waals surface area contributed by atoms with Crippen LogP contribution in [0.1, 0.15) is 37.4 Å². The molecule has 3 aromatic carbocycles. The van der Waals surface area contributed by atoms with Crippen LogP contribution in [0.2, 0.25) is 0 Å². The molecule has 0 fully saturated rings. The summed E-state index contributed by atoms with van der Waals surface area (Å²) in [6.07, 6.45) is 0. The zero-order valence-corrected chi connectivity index (χ0v) is 13.6. The predicted molar refractivity (Wildman–Crippen MR) is 94.3 cm³/mol. The van der Waals surface area contributed by atoms with Gasteiger partial charge in [0, 0.05) is 22.3 Å². The summed E-state index contributed by atoms with van der Waals surface area (Å²) in [5.74, 6) is -1.53. The summed E-state index contributed by atoms with van der Waals surface area (Å²) in [6.45, 7) is 1.49. The highest BCUT2D eigenvalue weighted by atomic mass is 16.3. The van der Waals surface area contributed by atoms with Crippen molar-refractivity contribution in [1.82, 2.24) is 0 Å². The topological polar surface area (TPSA) is 74.6 Å². The standard InChI is InChI=1S/C21H16O4/c1-13-17(22)12-16(20(24)14-8-4-2-5-9-14)18(19(13)23)21(25)15-10-6-3-7-11-15/h2-12,22-23H,1H3. The number of aromatic hydroxyl groups is 2. The number of phenolic OH excluding ortho intramolecular Hbond substituents is 2. The first kappa shape index (κ1) is 16.5. The molecule has 0 aliphatic rings. The Morgan fingerprint density at radius 1 is 0.760 bits per heavy atom. The van der Waals surface area contributed by atoms with Crippen LogP contribution in [0.25, 0.3) is 0 Å². The molecule has 124 valence electrons. The van der Waals surface area contributed by atoms with Gasteiger partial charge < -0.3 is 10.2 Å². The third-order valence-corrected chi connectivity index (χ3v) is 4.07. The van der Waals surface area contributed by atoms with Crippen LogP contribution in [0, 0.1) is 6.92 Å². The average molecular weight is 332 g/mol. The molecule has 0 aromatic heterocycles. The number of phenols is 2. The molecule has 25 heavy (non-hydrogen) atoms. The molecule has 0 bridgehead atoms. The highest BCUT2D eigenvalue weighted by Crippen LogP contribution is 2.35. The van der Waals surface area contributed by atoms with Crippen molar-refractivity contribution in [2.45, 2.75) is 6.92 Å². The number of benzene rings is 3.